The number of benzene rings is 2. The van der Waals surface area contributed by atoms with Gasteiger partial charge in [-0.15, -0.1) is 0 Å². The van der Waals surface area contributed by atoms with E-state index in [-0.39, 0.29) is 22.9 Å². The molecule has 1 fully saturated rings. The summed E-state index contributed by atoms with van der Waals surface area (Å²) in [6.07, 6.45) is 1.54. The number of ketones is 1. The Morgan fingerprint density at radius 3 is 2.56 bits per heavy atom. The molecule has 3 aromatic rings. The van der Waals surface area contributed by atoms with Crippen LogP contribution in [0, 0.1) is 5.82 Å². The van der Waals surface area contributed by atoms with Crippen molar-refractivity contribution >= 4 is 23.1 Å². The van der Waals surface area contributed by atoms with Gasteiger partial charge in [0.1, 0.15) is 23.4 Å². The van der Waals surface area contributed by atoms with Crippen molar-refractivity contribution in [3.63, 3.8) is 0 Å². The Morgan fingerprint density at radius 2 is 1.91 bits per heavy atom. The zero-order valence-electron chi connectivity index (χ0n) is 19.2. The third-order valence-corrected chi connectivity index (χ3v) is 5.70. The number of rotatable bonds is 6. The number of carbonyl (C=O) groups excluding carboxylic acids is 2. The predicted octanol–water partition coefficient (Wildman–Crippen LogP) is 5.37. The zero-order valence-corrected chi connectivity index (χ0v) is 19.2. The van der Waals surface area contributed by atoms with Crippen LogP contribution >= 0.6 is 0 Å². The third-order valence-electron chi connectivity index (χ3n) is 5.70. The predicted molar refractivity (Wildman–Crippen MR) is 127 cm³/mol. The minimum absolute atomic E-state index is 0.0931. The third kappa shape index (κ3) is 4.17. The van der Waals surface area contributed by atoms with Gasteiger partial charge in [0.25, 0.3) is 11.7 Å². The average molecular weight is 461 g/mol. The topological polar surface area (TPSA) is 79.7 Å². The number of Topliss-reactive ketones (excluding diaryl/α,β-unsaturated/α-hetero) is 1. The molecule has 1 aliphatic heterocycles. The highest BCUT2D eigenvalue weighted by Crippen LogP contribution is 2.42. The van der Waals surface area contributed by atoms with E-state index in [4.69, 9.17) is 4.74 Å². The first-order valence-corrected chi connectivity index (χ1v) is 11.1. The number of aliphatic hydroxyl groups excluding tert-OH is 1. The van der Waals surface area contributed by atoms with Gasteiger partial charge in [0, 0.05) is 17.4 Å². The number of hydrogen-bond donors (Lipinski definition) is 1. The van der Waals surface area contributed by atoms with Crippen molar-refractivity contribution in [1.82, 2.24) is 4.98 Å². The Labute approximate surface area is 197 Å². The Bertz CT molecular complexity index is 1270. The molecule has 1 saturated heterocycles. The summed E-state index contributed by atoms with van der Waals surface area (Å²) in [6, 6.07) is 14.7. The fraction of sp³-hybridized carbons (Fsp3) is 0.222. The number of pyridine rings is 1. The Kier molecular flexibility index (Phi) is 6.45. The first-order chi connectivity index (χ1) is 16.3. The maximum atomic E-state index is 14.0. The van der Waals surface area contributed by atoms with E-state index in [0.29, 0.717) is 23.6 Å². The highest BCUT2D eigenvalue weighted by atomic mass is 19.1. The highest BCUT2D eigenvalue weighted by molar-refractivity contribution is 6.51. The first-order valence-electron chi connectivity index (χ1n) is 11.1. The average Bonchev–Trinajstić information content (AvgIpc) is 3.10. The Morgan fingerprint density at radius 1 is 1.12 bits per heavy atom. The van der Waals surface area contributed by atoms with Gasteiger partial charge in [-0.1, -0.05) is 26.0 Å². The van der Waals surface area contributed by atoms with Crippen LogP contribution in [0.3, 0.4) is 0 Å². The lowest BCUT2D eigenvalue weighted by molar-refractivity contribution is -0.132. The normalized spacial score (nSPS) is 17.4. The molecule has 0 aliphatic carbocycles. The van der Waals surface area contributed by atoms with Crippen molar-refractivity contribution in [1.29, 1.82) is 0 Å². The molecule has 34 heavy (non-hydrogen) atoms. The fourth-order valence-electron chi connectivity index (χ4n) is 4.13. The van der Waals surface area contributed by atoms with E-state index in [1.165, 1.54) is 35.4 Å². The van der Waals surface area contributed by atoms with Crippen LogP contribution in [0.2, 0.25) is 0 Å². The lowest BCUT2D eigenvalue weighted by atomic mass is 9.94. The molecular weight excluding hydrogens is 435 g/mol. The molecule has 1 aromatic heterocycles. The number of hydrogen-bond acceptors (Lipinski definition) is 5. The summed E-state index contributed by atoms with van der Waals surface area (Å²) in [6.45, 7) is 6.37. The molecule has 1 unspecified atom stereocenters. The second kappa shape index (κ2) is 9.47. The van der Waals surface area contributed by atoms with Gasteiger partial charge < -0.3 is 9.84 Å². The monoisotopic (exact) mass is 460 g/mol. The summed E-state index contributed by atoms with van der Waals surface area (Å²) >= 11 is 0. The highest BCUT2D eigenvalue weighted by Gasteiger charge is 2.47. The molecule has 1 aliphatic rings. The summed E-state index contributed by atoms with van der Waals surface area (Å²) < 4.78 is 19.7. The minimum Gasteiger partial charge on any atom is -0.507 e. The van der Waals surface area contributed by atoms with Crippen molar-refractivity contribution in [2.24, 2.45) is 0 Å². The Hall–Kier alpha value is -4.00. The van der Waals surface area contributed by atoms with E-state index in [2.05, 4.69) is 4.98 Å². The summed E-state index contributed by atoms with van der Waals surface area (Å²) in [5.74, 6) is -1.81. The van der Waals surface area contributed by atoms with Crippen LogP contribution in [0.25, 0.3) is 5.76 Å². The van der Waals surface area contributed by atoms with Gasteiger partial charge in [0.05, 0.1) is 17.9 Å². The van der Waals surface area contributed by atoms with Gasteiger partial charge in [-0.2, -0.15) is 0 Å². The van der Waals surface area contributed by atoms with E-state index in [1.54, 1.807) is 36.4 Å². The van der Waals surface area contributed by atoms with Crippen molar-refractivity contribution in [2.75, 3.05) is 11.5 Å². The number of aromatic nitrogens is 1. The molecule has 1 N–H and O–H groups in total. The number of ether oxygens (including phenoxy) is 1. The molecule has 2 heterocycles. The maximum Gasteiger partial charge on any atom is 0.300 e. The lowest BCUT2D eigenvalue weighted by Gasteiger charge is -2.24. The maximum absolute atomic E-state index is 14.0. The Balaban J connectivity index is 1.92. The van der Waals surface area contributed by atoms with Gasteiger partial charge in [0.15, 0.2) is 0 Å². The van der Waals surface area contributed by atoms with Crippen LogP contribution in [-0.4, -0.2) is 28.4 Å². The van der Waals surface area contributed by atoms with E-state index >= 15 is 0 Å². The summed E-state index contributed by atoms with van der Waals surface area (Å²) in [5.41, 5.74) is 1.71. The summed E-state index contributed by atoms with van der Waals surface area (Å²) in [5, 5.41) is 11.3. The molecular formula is C27H25FN2O4. The summed E-state index contributed by atoms with van der Waals surface area (Å²) in [4.78, 5) is 31.8. The van der Waals surface area contributed by atoms with Gasteiger partial charge in [-0.05, 0) is 66.9 Å². The number of aliphatic hydroxyl groups is 1. The zero-order chi connectivity index (χ0) is 24.4. The number of anilines is 1. The van der Waals surface area contributed by atoms with E-state index < -0.39 is 23.5 Å². The van der Waals surface area contributed by atoms with Crippen LogP contribution < -0.4 is 9.64 Å². The molecule has 0 bridgehead atoms. The van der Waals surface area contributed by atoms with Crippen molar-refractivity contribution < 1.29 is 23.8 Å². The van der Waals surface area contributed by atoms with Crippen LogP contribution in [0.1, 0.15) is 49.6 Å². The molecule has 174 valence electrons. The largest absolute Gasteiger partial charge is 0.507 e. The van der Waals surface area contributed by atoms with Crippen molar-refractivity contribution in [3.8, 4) is 5.75 Å². The van der Waals surface area contributed by atoms with Crippen molar-refractivity contribution in [2.45, 2.75) is 32.7 Å². The van der Waals surface area contributed by atoms with Gasteiger partial charge in [0.2, 0.25) is 0 Å². The molecule has 7 heteroatoms. The molecule has 4 rings (SSSR count). The summed E-state index contributed by atoms with van der Waals surface area (Å²) in [7, 11) is 0. The van der Waals surface area contributed by atoms with Gasteiger partial charge in [-0.25, -0.2) is 4.39 Å². The second-order valence-electron chi connectivity index (χ2n) is 8.24. The standard InChI is InChI=1S/C27H25FN2O4/c1-4-34-22-12-11-17(14-20(22)16(2)3)25(31)23-24(21-10-5-6-13-29-21)30(27(33)26(23)32)19-9-7-8-18(28)15-19/h5-16,24,31H,4H2,1-3H3/b25-23-. The molecule has 2 aromatic carbocycles. The van der Waals surface area contributed by atoms with Gasteiger partial charge in [-0.3, -0.25) is 19.5 Å². The minimum atomic E-state index is -1.02. The van der Waals surface area contributed by atoms with E-state index in [0.717, 1.165) is 5.56 Å². The quantitative estimate of drug-likeness (QED) is 0.304. The second-order valence-corrected chi connectivity index (χ2v) is 8.24. The number of carbonyl (C=O) groups is 2. The molecule has 0 radical (unpaired) electrons. The van der Waals surface area contributed by atoms with Crippen LogP contribution in [0.4, 0.5) is 10.1 Å². The van der Waals surface area contributed by atoms with E-state index in [9.17, 15) is 19.1 Å². The fourth-order valence-corrected chi connectivity index (χ4v) is 4.13. The first kappa shape index (κ1) is 23.2. The SMILES string of the molecule is CCOc1ccc(/C(O)=C2/C(=O)C(=O)N(c3cccc(F)c3)C2c2ccccn2)cc1C(C)C. The number of halogens is 1. The molecule has 1 atom stereocenters. The smallest absolute Gasteiger partial charge is 0.300 e. The van der Waals surface area contributed by atoms with Gasteiger partial charge >= 0.3 is 0 Å². The van der Waals surface area contributed by atoms with Crippen LogP contribution in [0.5, 0.6) is 5.75 Å². The lowest BCUT2D eigenvalue weighted by Crippen LogP contribution is -2.29. The number of amides is 1. The van der Waals surface area contributed by atoms with E-state index in [1.807, 2.05) is 20.8 Å². The molecule has 6 nitrogen and oxygen atoms in total. The van der Waals surface area contributed by atoms with Crippen LogP contribution in [-0.2, 0) is 9.59 Å². The van der Waals surface area contributed by atoms with Crippen LogP contribution in [0.15, 0.2) is 72.4 Å². The molecule has 1 amide bonds. The molecule has 0 spiro atoms. The number of nitrogens with zero attached hydrogens (tertiary/aromatic N) is 2. The van der Waals surface area contributed by atoms with Crippen molar-refractivity contribution in [3.05, 3.63) is 95.1 Å². The molecule has 0 saturated carbocycles.